The molecule has 124 valence electrons. The molecule has 1 aromatic carbocycles. The highest BCUT2D eigenvalue weighted by Crippen LogP contribution is 2.23. The fourth-order valence-corrected chi connectivity index (χ4v) is 3.32. The van der Waals surface area contributed by atoms with Gasteiger partial charge in [0.1, 0.15) is 0 Å². The van der Waals surface area contributed by atoms with E-state index in [9.17, 15) is 0 Å². The summed E-state index contributed by atoms with van der Waals surface area (Å²) in [6.45, 7) is 2.99. The van der Waals surface area contributed by atoms with E-state index in [0.29, 0.717) is 6.10 Å². The van der Waals surface area contributed by atoms with Gasteiger partial charge in [-0.3, -0.25) is 4.68 Å². The third kappa shape index (κ3) is 4.43. The molecule has 1 fully saturated rings. The van der Waals surface area contributed by atoms with Crippen LogP contribution >= 0.6 is 0 Å². The van der Waals surface area contributed by atoms with Crippen LogP contribution < -0.4 is 0 Å². The molecule has 0 radical (unpaired) electrons. The van der Waals surface area contributed by atoms with Gasteiger partial charge in [-0.1, -0.05) is 30.3 Å². The quantitative estimate of drug-likeness (QED) is 0.784. The molecule has 0 bridgehead atoms. The first-order valence-electron chi connectivity index (χ1n) is 8.60. The Bertz CT molecular complexity index is 602. The first-order chi connectivity index (χ1) is 11.2. The van der Waals surface area contributed by atoms with Crippen LogP contribution in [0.5, 0.6) is 0 Å². The number of nitrogens with zero attached hydrogens (tertiary/aromatic N) is 3. The number of aryl methyl sites for hydroxylation is 1. The zero-order valence-electron chi connectivity index (χ0n) is 14.2. The smallest absolute Gasteiger partial charge is 0.0968 e. The fourth-order valence-electron chi connectivity index (χ4n) is 3.32. The molecule has 0 saturated carbocycles. The molecule has 0 spiro atoms. The number of hydrogen-bond donors (Lipinski definition) is 0. The van der Waals surface area contributed by atoms with Crippen LogP contribution in [0.15, 0.2) is 36.5 Å². The summed E-state index contributed by atoms with van der Waals surface area (Å²) in [6.07, 6.45) is 7.49. The topological polar surface area (TPSA) is 30.3 Å². The van der Waals surface area contributed by atoms with E-state index in [0.717, 1.165) is 25.4 Å². The monoisotopic (exact) mass is 313 g/mol. The molecule has 4 heteroatoms. The van der Waals surface area contributed by atoms with Crippen LogP contribution in [-0.4, -0.2) is 41.0 Å². The maximum absolute atomic E-state index is 5.70. The fraction of sp³-hybridized carbons (Fsp3) is 0.526. The first-order valence-corrected chi connectivity index (χ1v) is 8.60. The van der Waals surface area contributed by atoms with Crippen LogP contribution in [0.3, 0.4) is 0 Å². The van der Waals surface area contributed by atoms with Gasteiger partial charge in [-0.05, 0) is 39.3 Å². The molecule has 1 unspecified atom stereocenters. The molecule has 23 heavy (non-hydrogen) atoms. The third-order valence-corrected chi connectivity index (χ3v) is 4.48. The van der Waals surface area contributed by atoms with Crippen molar-refractivity contribution in [1.29, 1.82) is 0 Å². The molecule has 1 aromatic heterocycles. The average molecular weight is 313 g/mol. The number of aromatic nitrogens is 2. The van der Waals surface area contributed by atoms with Gasteiger partial charge < -0.3 is 9.64 Å². The van der Waals surface area contributed by atoms with Crippen LogP contribution in [0, 0.1) is 0 Å². The summed E-state index contributed by atoms with van der Waals surface area (Å²) in [5.74, 6) is 0. The molecule has 2 aromatic rings. The van der Waals surface area contributed by atoms with Crippen molar-refractivity contribution in [2.24, 2.45) is 7.05 Å². The van der Waals surface area contributed by atoms with Gasteiger partial charge >= 0.3 is 0 Å². The molecule has 1 aliphatic rings. The van der Waals surface area contributed by atoms with E-state index < -0.39 is 0 Å². The third-order valence-electron chi connectivity index (χ3n) is 4.48. The van der Waals surface area contributed by atoms with E-state index in [1.165, 1.54) is 36.8 Å². The molecular formula is C19H27N3O. The molecule has 3 rings (SSSR count). The van der Waals surface area contributed by atoms with E-state index >= 15 is 0 Å². The van der Waals surface area contributed by atoms with Crippen molar-refractivity contribution >= 4 is 0 Å². The SMILES string of the molecule is CN(CCCC1CCCO1)Cc1cn(C)nc1-c1ccccc1. The number of ether oxygens (including phenoxy) is 1. The minimum absolute atomic E-state index is 0.502. The lowest BCUT2D eigenvalue weighted by atomic mass is 10.1. The van der Waals surface area contributed by atoms with Gasteiger partial charge in [0.15, 0.2) is 0 Å². The van der Waals surface area contributed by atoms with Gasteiger partial charge in [-0.15, -0.1) is 0 Å². The van der Waals surface area contributed by atoms with E-state index in [1.54, 1.807) is 0 Å². The lowest BCUT2D eigenvalue weighted by molar-refractivity contribution is 0.0995. The minimum atomic E-state index is 0.502. The second kappa shape index (κ2) is 7.75. The van der Waals surface area contributed by atoms with Crippen LogP contribution in [0.25, 0.3) is 11.3 Å². The second-order valence-corrected chi connectivity index (χ2v) is 6.56. The van der Waals surface area contributed by atoms with E-state index in [2.05, 4.69) is 47.5 Å². The number of benzene rings is 1. The largest absolute Gasteiger partial charge is 0.378 e. The highest BCUT2D eigenvalue weighted by atomic mass is 16.5. The molecule has 2 heterocycles. The van der Waals surface area contributed by atoms with Gasteiger partial charge in [0, 0.05) is 37.5 Å². The van der Waals surface area contributed by atoms with Crippen molar-refractivity contribution in [3.05, 3.63) is 42.1 Å². The first kappa shape index (κ1) is 16.2. The lowest BCUT2D eigenvalue weighted by Gasteiger charge is -2.17. The van der Waals surface area contributed by atoms with E-state index in [-0.39, 0.29) is 0 Å². The summed E-state index contributed by atoms with van der Waals surface area (Å²) in [6, 6.07) is 10.4. The Morgan fingerprint density at radius 3 is 2.87 bits per heavy atom. The molecule has 0 amide bonds. The number of rotatable bonds is 7. The van der Waals surface area contributed by atoms with Crippen LogP contribution in [0.2, 0.25) is 0 Å². The van der Waals surface area contributed by atoms with Crippen molar-refractivity contribution in [2.45, 2.75) is 38.3 Å². The summed E-state index contributed by atoms with van der Waals surface area (Å²) in [4.78, 5) is 2.39. The average Bonchev–Trinajstić information content (AvgIpc) is 3.18. The summed E-state index contributed by atoms with van der Waals surface area (Å²) >= 11 is 0. The Balaban J connectivity index is 1.56. The van der Waals surface area contributed by atoms with Gasteiger partial charge in [0.2, 0.25) is 0 Å². The molecule has 1 atom stereocenters. The standard InChI is InChI=1S/C19H27N3O/c1-21(12-6-10-18-11-7-13-23-18)14-17-15-22(2)20-19(17)16-8-4-3-5-9-16/h3-5,8-9,15,18H,6-7,10-14H2,1-2H3. The van der Waals surface area contributed by atoms with E-state index in [1.807, 2.05) is 17.8 Å². The molecule has 0 N–H and O–H groups in total. The molecule has 1 aliphatic heterocycles. The predicted octanol–water partition coefficient (Wildman–Crippen LogP) is 3.48. The Morgan fingerprint density at radius 2 is 2.13 bits per heavy atom. The Labute approximate surface area is 139 Å². The zero-order valence-corrected chi connectivity index (χ0v) is 14.2. The zero-order chi connectivity index (χ0) is 16.1. The van der Waals surface area contributed by atoms with E-state index in [4.69, 9.17) is 4.74 Å². The molecule has 4 nitrogen and oxygen atoms in total. The normalized spacial score (nSPS) is 18.0. The van der Waals surface area contributed by atoms with Crippen LogP contribution in [0.4, 0.5) is 0 Å². The van der Waals surface area contributed by atoms with Crippen LogP contribution in [-0.2, 0) is 18.3 Å². The Kier molecular flexibility index (Phi) is 5.47. The maximum atomic E-state index is 5.70. The Morgan fingerprint density at radius 1 is 1.30 bits per heavy atom. The minimum Gasteiger partial charge on any atom is -0.378 e. The predicted molar refractivity (Wildman–Crippen MR) is 93.2 cm³/mol. The van der Waals surface area contributed by atoms with Crippen molar-refractivity contribution in [3.8, 4) is 11.3 Å². The summed E-state index contributed by atoms with van der Waals surface area (Å²) < 4.78 is 7.62. The Hall–Kier alpha value is -1.65. The van der Waals surface area contributed by atoms with Gasteiger partial charge in [-0.2, -0.15) is 5.10 Å². The number of hydrogen-bond acceptors (Lipinski definition) is 3. The van der Waals surface area contributed by atoms with Crippen molar-refractivity contribution in [3.63, 3.8) is 0 Å². The summed E-state index contributed by atoms with van der Waals surface area (Å²) in [5, 5.41) is 4.65. The van der Waals surface area contributed by atoms with Crippen molar-refractivity contribution in [1.82, 2.24) is 14.7 Å². The highest BCUT2D eigenvalue weighted by molar-refractivity contribution is 5.62. The van der Waals surface area contributed by atoms with Crippen molar-refractivity contribution < 1.29 is 4.74 Å². The molecule has 1 saturated heterocycles. The van der Waals surface area contributed by atoms with Gasteiger partial charge in [0.05, 0.1) is 11.8 Å². The summed E-state index contributed by atoms with van der Waals surface area (Å²) in [5.41, 5.74) is 3.58. The lowest BCUT2D eigenvalue weighted by Crippen LogP contribution is -2.20. The summed E-state index contributed by atoms with van der Waals surface area (Å²) in [7, 11) is 4.19. The maximum Gasteiger partial charge on any atom is 0.0968 e. The van der Waals surface area contributed by atoms with Crippen LogP contribution in [0.1, 0.15) is 31.2 Å². The second-order valence-electron chi connectivity index (χ2n) is 6.56. The van der Waals surface area contributed by atoms with Crippen molar-refractivity contribution in [2.75, 3.05) is 20.2 Å². The van der Waals surface area contributed by atoms with Gasteiger partial charge in [0.25, 0.3) is 0 Å². The highest BCUT2D eigenvalue weighted by Gasteiger charge is 2.16. The molecular weight excluding hydrogens is 286 g/mol. The molecule has 0 aliphatic carbocycles. The van der Waals surface area contributed by atoms with Gasteiger partial charge in [-0.25, -0.2) is 0 Å².